The first-order chi connectivity index (χ1) is 9.06. The Kier molecular flexibility index (Phi) is 3.93. The van der Waals surface area contributed by atoms with E-state index >= 15 is 0 Å². The van der Waals surface area contributed by atoms with Crippen LogP contribution in [0.25, 0.3) is 0 Å². The SMILES string of the molecule is CC1CCCN(c2cccc(F)c2C(N)=NO)C1C. The Morgan fingerprint density at radius 1 is 1.47 bits per heavy atom. The third-order valence-electron chi connectivity index (χ3n) is 4.04. The van der Waals surface area contributed by atoms with Gasteiger partial charge < -0.3 is 15.8 Å². The van der Waals surface area contributed by atoms with Gasteiger partial charge in [-0.15, -0.1) is 0 Å². The van der Waals surface area contributed by atoms with Crippen LogP contribution in [0.3, 0.4) is 0 Å². The van der Waals surface area contributed by atoms with Gasteiger partial charge in [0.15, 0.2) is 5.84 Å². The average Bonchev–Trinajstić information content (AvgIpc) is 2.41. The van der Waals surface area contributed by atoms with Crippen molar-refractivity contribution >= 4 is 11.5 Å². The Morgan fingerprint density at radius 3 is 2.89 bits per heavy atom. The quantitative estimate of drug-likeness (QED) is 0.374. The smallest absolute Gasteiger partial charge is 0.175 e. The van der Waals surface area contributed by atoms with Gasteiger partial charge in [-0.3, -0.25) is 0 Å². The van der Waals surface area contributed by atoms with E-state index in [-0.39, 0.29) is 11.4 Å². The topological polar surface area (TPSA) is 61.8 Å². The van der Waals surface area contributed by atoms with Crippen LogP contribution in [-0.2, 0) is 0 Å². The van der Waals surface area contributed by atoms with Crippen molar-refractivity contribution in [2.75, 3.05) is 11.4 Å². The van der Waals surface area contributed by atoms with E-state index in [2.05, 4.69) is 23.9 Å². The molecule has 0 radical (unpaired) electrons. The zero-order valence-corrected chi connectivity index (χ0v) is 11.3. The van der Waals surface area contributed by atoms with Crippen LogP contribution in [0.15, 0.2) is 23.4 Å². The van der Waals surface area contributed by atoms with E-state index in [1.807, 2.05) is 6.07 Å². The molecule has 0 aliphatic carbocycles. The molecule has 1 fully saturated rings. The van der Waals surface area contributed by atoms with Crippen molar-refractivity contribution in [2.45, 2.75) is 32.7 Å². The monoisotopic (exact) mass is 265 g/mol. The summed E-state index contributed by atoms with van der Waals surface area (Å²) in [5.41, 5.74) is 6.51. The van der Waals surface area contributed by atoms with Crippen LogP contribution in [0, 0.1) is 11.7 Å². The predicted octanol–water partition coefficient (Wildman–Crippen LogP) is 2.55. The lowest BCUT2D eigenvalue weighted by molar-refractivity contribution is 0.318. The molecule has 1 saturated heterocycles. The largest absolute Gasteiger partial charge is 0.409 e. The maximum absolute atomic E-state index is 14.0. The Hall–Kier alpha value is -1.78. The average molecular weight is 265 g/mol. The fourth-order valence-electron chi connectivity index (χ4n) is 2.73. The number of halogens is 1. The van der Waals surface area contributed by atoms with Gasteiger partial charge in [0, 0.05) is 12.6 Å². The van der Waals surface area contributed by atoms with Crippen molar-refractivity contribution in [1.82, 2.24) is 0 Å². The maximum atomic E-state index is 14.0. The van der Waals surface area contributed by atoms with Gasteiger partial charge in [0.1, 0.15) is 5.82 Å². The van der Waals surface area contributed by atoms with E-state index in [0.29, 0.717) is 17.6 Å². The van der Waals surface area contributed by atoms with Gasteiger partial charge in [-0.2, -0.15) is 0 Å². The lowest BCUT2D eigenvalue weighted by Gasteiger charge is -2.40. The lowest BCUT2D eigenvalue weighted by atomic mass is 9.91. The first kappa shape index (κ1) is 13.6. The Bertz CT molecular complexity index is 490. The number of nitrogens with two attached hydrogens (primary N) is 1. The van der Waals surface area contributed by atoms with Crippen molar-refractivity contribution in [2.24, 2.45) is 16.8 Å². The third-order valence-corrected chi connectivity index (χ3v) is 4.04. The van der Waals surface area contributed by atoms with Gasteiger partial charge in [0.05, 0.1) is 11.3 Å². The highest BCUT2D eigenvalue weighted by molar-refractivity contribution is 6.02. The van der Waals surface area contributed by atoms with Gasteiger partial charge in [-0.05, 0) is 37.8 Å². The molecule has 0 bridgehead atoms. The summed E-state index contributed by atoms with van der Waals surface area (Å²) in [7, 11) is 0. The summed E-state index contributed by atoms with van der Waals surface area (Å²) in [6, 6.07) is 5.12. The molecule has 1 aliphatic heterocycles. The van der Waals surface area contributed by atoms with Gasteiger partial charge in [-0.25, -0.2) is 4.39 Å². The number of oxime groups is 1. The number of hydrogen-bond acceptors (Lipinski definition) is 3. The number of anilines is 1. The molecule has 104 valence electrons. The van der Waals surface area contributed by atoms with Crippen LogP contribution in [0.1, 0.15) is 32.3 Å². The van der Waals surface area contributed by atoms with Crippen molar-refractivity contribution in [3.05, 3.63) is 29.6 Å². The summed E-state index contributed by atoms with van der Waals surface area (Å²) in [6.45, 7) is 5.19. The minimum absolute atomic E-state index is 0.182. The molecule has 0 aromatic heterocycles. The summed E-state index contributed by atoms with van der Waals surface area (Å²) in [5, 5.41) is 11.8. The molecule has 5 heteroatoms. The van der Waals surface area contributed by atoms with Gasteiger partial charge in [-0.1, -0.05) is 18.1 Å². The third kappa shape index (κ3) is 2.50. The van der Waals surface area contributed by atoms with Crippen LogP contribution >= 0.6 is 0 Å². The molecule has 4 nitrogen and oxygen atoms in total. The second kappa shape index (κ2) is 5.47. The zero-order chi connectivity index (χ0) is 14.0. The molecule has 0 amide bonds. The Morgan fingerprint density at radius 2 is 2.21 bits per heavy atom. The summed E-state index contributed by atoms with van der Waals surface area (Å²) in [6.07, 6.45) is 2.24. The number of hydrogen-bond donors (Lipinski definition) is 2. The summed E-state index contributed by atoms with van der Waals surface area (Å²) in [4.78, 5) is 2.14. The van der Waals surface area contributed by atoms with Crippen molar-refractivity contribution in [3.8, 4) is 0 Å². The standard InChI is InChI=1S/C14H20FN3O/c1-9-5-4-8-18(10(9)2)12-7-3-6-11(15)13(12)14(16)17-19/h3,6-7,9-10,19H,4-5,8H2,1-2H3,(H2,16,17). The molecule has 2 rings (SSSR count). The molecule has 0 spiro atoms. The molecule has 1 aromatic carbocycles. The fraction of sp³-hybridized carbons (Fsp3) is 0.500. The predicted molar refractivity (Wildman–Crippen MR) is 74.1 cm³/mol. The van der Waals surface area contributed by atoms with Crippen molar-refractivity contribution < 1.29 is 9.60 Å². The number of nitrogens with zero attached hydrogens (tertiary/aromatic N) is 2. The molecule has 0 saturated carbocycles. The van der Waals surface area contributed by atoms with Crippen LogP contribution < -0.4 is 10.6 Å². The second-order valence-electron chi connectivity index (χ2n) is 5.17. The summed E-state index contributed by atoms with van der Waals surface area (Å²) >= 11 is 0. The second-order valence-corrected chi connectivity index (χ2v) is 5.17. The fourth-order valence-corrected chi connectivity index (χ4v) is 2.73. The molecule has 1 heterocycles. The van der Waals surface area contributed by atoms with Crippen LogP contribution in [-0.4, -0.2) is 23.6 Å². The minimum Gasteiger partial charge on any atom is -0.409 e. The highest BCUT2D eigenvalue weighted by Crippen LogP contribution is 2.31. The number of benzene rings is 1. The normalized spacial score (nSPS) is 24.6. The van der Waals surface area contributed by atoms with E-state index in [0.717, 1.165) is 13.0 Å². The van der Waals surface area contributed by atoms with Gasteiger partial charge in [0.2, 0.25) is 0 Å². The van der Waals surface area contributed by atoms with Gasteiger partial charge in [0.25, 0.3) is 0 Å². The molecule has 2 unspecified atom stereocenters. The van der Waals surface area contributed by atoms with Crippen molar-refractivity contribution in [1.29, 1.82) is 0 Å². The first-order valence-electron chi connectivity index (χ1n) is 6.59. The van der Waals surface area contributed by atoms with E-state index in [4.69, 9.17) is 10.9 Å². The maximum Gasteiger partial charge on any atom is 0.175 e. The van der Waals surface area contributed by atoms with E-state index < -0.39 is 5.82 Å². The number of piperidine rings is 1. The lowest BCUT2D eigenvalue weighted by Crippen LogP contribution is -2.43. The van der Waals surface area contributed by atoms with Crippen LogP contribution in [0.5, 0.6) is 0 Å². The number of rotatable bonds is 2. The van der Waals surface area contributed by atoms with Crippen LogP contribution in [0.4, 0.5) is 10.1 Å². The molecule has 3 N–H and O–H groups in total. The highest BCUT2D eigenvalue weighted by atomic mass is 19.1. The number of amidine groups is 1. The summed E-state index contributed by atoms with van der Waals surface area (Å²) < 4.78 is 14.0. The van der Waals surface area contributed by atoms with E-state index in [9.17, 15) is 4.39 Å². The zero-order valence-electron chi connectivity index (χ0n) is 11.3. The molecule has 19 heavy (non-hydrogen) atoms. The first-order valence-corrected chi connectivity index (χ1v) is 6.59. The Labute approximate surface area is 112 Å². The van der Waals surface area contributed by atoms with Crippen LogP contribution in [0.2, 0.25) is 0 Å². The molecule has 1 aliphatic rings. The molecule has 2 atom stereocenters. The van der Waals surface area contributed by atoms with Crippen molar-refractivity contribution in [3.63, 3.8) is 0 Å². The molecule has 1 aromatic rings. The summed E-state index contributed by atoms with van der Waals surface area (Å²) in [5.74, 6) is -0.103. The van der Waals surface area contributed by atoms with E-state index in [1.165, 1.54) is 12.5 Å². The van der Waals surface area contributed by atoms with E-state index in [1.54, 1.807) is 6.07 Å². The Balaban J connectivity index is 2.47. The molecular formula is C14H20FN3O. The molecular weight excluding hydrogens is 245 g/mol. The minimum atomic E-state index is -0.460. The van der Waals surface area contributed by atoms with Gasteiger partial charge >= 0.3 is 0 Å². The highest BCUT2D eigenvalue weighted by Gasteiger charge is 2.28.